The molecule has 0 aliphatic heterocycles. The minimum Gasteiger partial charge on any atom is -0.322 e. The van der Waals surface area contributed by atoms with Crippen LogP contribution in [-0.2, 0) is 10.0 Å². The SMILES string of the molecule is Cc1cc(S(=O)(=O)NC(C)(C)C)ccc1NC(=O)c1ccc(Cl)cc1. The van der Waals surface area contributed by atoms with E-state index in [1.165, 1.54) is 12.1 Å². The van der Waals surface area contributed by atoms with E-state index < -0.39 is 15.6 Å². The van der Waals surface area contributed by atoms with Gasteiger partial charge in [0.25, 0.3) is 5.91 Å². The average molecular weight is 381 g/mol. The number of carbonyl (C=O) groups is 1. The lowest BCUT2D eigenvalue weighted by Crippen LogP contribution is -2.40. The Bertz CT molecular complexity index is 886. The maximum atomic E-state index is 12.4. The minimum absolute atomic E-state index is 0.157. The highest BCUT2D eigenvalue weighted by atomic mass is 35.5. The molecular weight excluding hydrogens is 360 g/mol. The smallest absolute Gasteiger partial charge is 0.255 e. The number of aryl methyl sites for hydroxylation is 1. The zero-order valence-electron chi connectivity index (χ0n) is 14.6. The van der Waals surface area contributed by atoms with Gasteiger partial charge in [0.2, 0.25) is 10.0 Å². The van der Waals surface area contributed by atoms with Gasteiger partial charge in [-0.05, 0) is 75.7 Å². The first-order chi connectivity index (χ1) is 11.5. The van der Waals surface area contributed by atoms with Crippen molar-refractivity contribution in [1.29, 1.82) is 0 Å². The van der Waals surface area contributed by atoms with Gasteiger partial charge in [-0.2, -0.15) is 0 Å². The molecule has 0 saturated heterocycles. The monoisotopic (exact) mass is 380 g/mol. The predicted molar refractivity (Wildman–Crippen MR) is 101 cm³/mol. The number of amides is 1. The van der Waals surface area contributed by atoms with Gasteiger partial charge in [-0.3, -0.25) is 4.79 Å². The van der Waals surface area contributed by atoms with Gasteiger partial charge in [0.1, 0.15) is 0 Å². The number of halogens is 1. The fraction of sp³-hybridized carbons (Fsp3) is 0.278. The summed E-state index contributed by atoms with van der Waals surface area (Å²) in [5.41, 5.74) is 1.09. The third kappa shape index (κ3) is 5.29. The third-order valence-corrected chi connectivity index (χ3v) is 5.31. The van der Waals surface area contributed by atoms with Crippen LogP contribution in [0.3, 0.4) is 0 Å². The molecule has 0 atom stereocenters. The largest absolute Gasteiger partial charge is 0.322 e. The van der Waals surface area contributed by atoms with Crippen molar-refractivity contribution in [2.24, 2.45) is 0 Å². The highest BCUT2D eigenvalue weighted by Gasteiger charge is 2.22. The van der Waals surface area contributed by atoms with Crippen molar-refractivity contribution in [3.05, 3.63) is 58.6 Å². The second-order valence-corrected chi connectivity index (χ2v) is 8.91. The minimum atomic E-state index is -3.62. The molecule has 25 heavy (non-hydrogen) atoms. The number of nitrogens with one attached hydrogen (secondary N) is 2. The van der Waals surface area contributed by atoms with Crippen LogP contribution in [0.25, 0.3) is 0 Å². The van der Waals surface area contributed by atoms with Gasteiger partial charge in [0, 0.05) is 21.8 Å². The van der Waals surface area contributed by atoms with E-state index >= 15 is 0 Å². The normalized spacial score (nSPS) is 12.0. The average Bonchev–Trinajstić information content (AvgIpc) is 2.47. The summed E-state index contributed by atoms with van der Waals surface area (Å²) in [5, 5.41) is 3.33. The Labute approximate surface area is 153 Å². The Morgan fingerprint density at radius 3 is 2.16 bits per heavy atom. The molecule has 0 aromatic heterocycles. The van der Waals surface area contributed by atoms with Gasteiger partial charge in [-0.15, -0.1) is 0 Å². The molecule has 0 bridgehead atoms. The molecule has 2 rings (SSSR count). The van der Waals surface area contributed by atoms with E-state index in [0.29, 0.717) is 21.8 Å². The molecule has 0 unspecified atom stereocenters. The Balaban J connectivity index is 2.22. The van der Waals surface area contributed by atoms with Crippen LogP contribution in [0.4, 0.5) is 5.69 Å². The molecular formula is C18H21ClN2O3S. The molecule has 134 valence electrons. The molecule has 0 radical (unpaired) electrons. The van der Waals surface area contributed by atoms with E-state index in [1.807, 2.05) is 0 Å². The lowest BCUT2D eigenvalue weighted by molar-refractivity contribution is 0.102. The number of carbonyl (C=O) groups excluding carboxylic acids is 1. The van der Waals surface area contributed by atoms with Crippen LogP contribution in [0, 0.1) is 6.92 Å². The van der Waals surface area contributed by atoms with E-state index in [1.54, 1.807) is 58.0 Å². The molecule has 2 aromatic rings. The first kappa shape index (κ1) is 19.4. The van der Waals surface area contributed by atoms with Crippen LogP contribution in [0.1, 0.15) is 36.7 Å². The molecule has 0 fully saturated rings. The summed E-state index contributed by atoms with van der Waals surface area (Å²) in [7, 11) is -3.62. The van der Waals surface area contributed by atoms with E-state index in [9.17, 15) is 13.2 Å². The van der Waals surface area contributed by atoms with Crippen molar-refractivity contribution in [1.82, 2.24) is 4.72 Å². The third-order valence-electron chi connectivity index (χ3n) is 3.30. The molecule has 0 spiro atoms. The second kappa shape index (κ2) is 7.15. The van der Waals surface area contributed by atoms with Gasteiger partial charge in [0.05, 0.1) is 4.90 Å². The summed E-state index contributed by atoms with van der Waals surface area (Å²) in [6, 6.07) is 11.1. The number of hydrogen-bond acceptors (Lipinski definition) is 3. The van der Waals surface area contributed by atoms with Gasteiger partial charge < -0.3 is 5.32 Å². The fourth-order valence-electron chi connectivity index (χ4n) is 2.20. The number of anilines is 1. The molecule has 2 N–H and O–H groups in total. The van der Waals surface area contributed by atoms with Crippen LogP contribution in [0.5, 0.6) is 0 Å². The van der Waals surface area contributed by atoms with Crippen molar-refractivity contribution >= 4 is 33.2 Å². The van der Waals surface area contributed by atoms with E-state index in [4.69, 9.17) is 11.6 Å². The van der Waals surface area contributed by atoms with Gasteiger partial charge in [0.15, 0.2) is 0 Å². The van der Waals surface area contributed by atoms with Gasteiger partial charge >= 0.3 is 0 Å². The number of hydrogen-bond donors (Lipinski definition) is 2. The van der Waals surface area contributed by atoms with Crippen molar-refractivity contribution in [2.75, 3.05) is 5.32 Å². The highest BCUT2D eigenvalue weighted by molar-refractivity contribution is 7.89. The zero-order chi connectivity index (χ0) is 18.8. The van der Waals surface area contributed by atoms with E-state index in [2.05, 4.69) is 10.0 Å². The molecule has 5 nitrogen and oxygen atoms in total. The van der Waals surface area contributed by atoms with E-state index in [0.717, 1.165) is 0 Å². The maximum absolute atomic E-state index is 12.4. The standard InChI is InChI=1S/C18H21ClN2O3S/c1-12-11-15(25(23,24)21-18(2,3)4)9-10-16(12)20-17(22)13-5-7-14(19)8-6-13/h5-11,21H,1-4H3,(H,20,22). The van der Waals surface area contributed by atoms with Gasteiger partial charge in [-0.1, -0.05) is 11.6 Å². The predicted octanol–water partition coefficient (Wildman–Crippen LogP) is 3.98. The van der Waals surface area contributed by atoms with Gasteiger partial charge in [-0.25, -0.2) is 13.1 Å². The Morgan fingerprint density at radius 1 is 1.04 bits per heavy atom. The van der Waals surface area contributed by atoms with Crippen LogP contribution in [0.15, 0.2) is 47.4 Å². The molecule has 1 amide bonds. The Morgan fingerprint density at radius 2 is 1.64 bits per heavy atom. The summed E-state index contributed by atoms with van der Waals surface area (Å²) >= 11 is 5.81. The summed E-state index contributed by atoms with van der Waals surface area (Å²) in [6.45, 7) is 7.07. The number of benzene rings is 2. The Hall–Kier alpha value is -1.89. The second-order valence-electron chi connectivity index (χ2n) is 6.79. The number of rotatable bonds is 4. The maximum Gasteiger partial charge on any atom is 0.255 e. The van der Waals surface area contributed by atoms with Crippen LogP contribution in [0.2, 0.25) is 5.02 Å². The quantitative estimate of drug-likeness (QED) is 0.842. The van der Waals surface area contributed by atoms with Crippen molar-refractivity contribution in [3.63, 3.8) is 0 Å². The summed E-state index contributed by atoms with van der Waals surface area (Å²) < 4.78 is 27.4. The topological polar surface area (TPSA) is 75.3 Å². The summed E-state index contributed by atoms with van der Waals surface area (Å²) in [5.74, 6) is -0.289. The van der Waals surface area contributed by atoms with Crippen molar-refractivity contribution in [2.45, 2.75) is 38.1 Å². The molecule has 0 aliphatic carbocycles. The molecule has 2 aromatic carbocycles. The highest BCUT2D eigenvalue weighted by Crippen LogP contribution is 2.22. The van der Waals surface area contributed by atoms with Crippen LogP contribution in [-0.4, -0.2) is 19.9 Å². The first-order valence-corrected chi connectivity index (χ1v) is 9.56. The fourth-order valence-corrected chi connectivity index (χ4v) is 3.83. The van der Waals surface area contributed by atoms with E-state index in [-0.39, 0.29) is 10.8 Å². The number of sulfonamides is 1. The van der Waals surface area contributed by atoms with Crippen LogP contribution < -0.4 is 10.0 Å². The lowest BCUT2D eigenvalue weighted by atomic mass is 10.1. The molecule has 0 saturated carbocycles. The first-order valence-electron chi connectivity index (χ1n) is 7.69. The lowest BCUT2D eigenvalue weighted by Gasteiger charge is -2.20. The van der Waals surface area contributed by atoms with Crippen molar-refractivity contribution in [3.8, 4) is 0 Å². The molecule has 0 aliphatic rings. The van der Waals surface area contributed by atoms with Crippen molar-refractivity contribution < 1.29 is 13.2 Å². The molecule has 7 heteroatoms. The zero-order valence-corrected chi connectivity index (χ0v) is 16.1. The summed E-state index contributed by atoms with van der Waals surface area (Å²) in [6.07, 6.45) is 0. The molecule has 0 heterocycles. The van der Waals surface area contributed by atoms with Crippen LogP contribution >= 0.6 is 11.6 Å². The summed E-state index contributed by atoms with van der Waals surface area (Å²) in [4.78, 5) is 12.4. The Kier molecular flexibility index (Phi) is 5.56.